The highest BCUT2D eigenvalue weighted by Gasteiger charge is 2.00. The zero-order valence-corrected chi connectivity index (χ0v) is 13.2. The third-order valence-corrected chi connectivity index (χ3v) is 3.32. The molecule has 0 fully saturated rings. The third-order valence-electron chi connectivity index (χ3n) is 3.08. The molecule has 0 unspecified atom stereocenters. The Morgan fingerprint density at radius 2 is 1.83 bits per heavy atom. The largest absolute Gasteiger partial charge is 0.478 e. The van der Waals surface area contributed by atoms with Gasteiger partial charge in [-0.05, 0) is 41.9 Å². The van der Waals surface area contributed by atoms with E-state index in [9.17, 15) is 4.79 Å². The number of nitrogens with one attached hydrogen (secondary N) is 2. The highest BCUT2D eigenvalue weighted by molar-refractivity contribution is 7.80. The number of hydrogen-bond acceptors (Lipinski definition) is 3. The Morgan fingerprint density at radius 1 is 1.13 bits per heavy atom. The number of thiocarbonyl (C=S) groups is 1. The molecule has 0 aliphatic rings. The van der Waals surface area contributed by atoms with E-state index in [2.05, 4.69) is 28.0 Å². The Balaban J connectivity index is 1.72. The van der Waals surface area contributed by atoms with Crippen LogP contribution < -0.4 is 10.7 Å². The minimum atomic E-state index is -0.949. The number of nitrogens with zero attached hydrogens (tertiary/aromatic N) is 1. The molecule has 23 heavy (non-hydrogen) atoms. The van der Waals surface area contributed by atoms with Crippen LogP contribution >= 0.6 is 12.2 Å². The van der Waals surface area contributed by atoms with Crippen molar-refractivity contribution in [1.82, 2.24) is 10.7 Å². The van der Waals surface area contributed by atoms with E-state index in [0.29, 0.717) is 5.11 Å². The molecular weight excluding hydrogens is 310 g/mol. The second kappa shape index (κ2) is 8.65. The number of carbonyl (C=O) groups is 1. The topological polar surface area (TPSA) is 73.7 Å². The standard InChI is InChI=1S/C17H17N3O2S/c21-16(22)15-8-6-14(7-9-15)12-19-20-17(23)18-11-10-13-4-2-1-3-5-13/h1-9,12H,10-11H2,(H,21,22)(H2,18,20,23)/b19-12-. The molecule has 0 atom stereocenters. The predicted molar refractivity (Wildman–Crippen MR) is 94.9 cm³/mol. The maximum absolute atomic E-state index is 10.7. The fraction of sp³-hybridized carbons (Fsp3) is 0.118. The number of carboxylic acid groups (broad SMARTS) is 1. The Morgan fingerprint density at radius 3 is 2.48 bits per heavy atom. The molecule has 2 aromatic rings. The summed E-state index contributed by atoms with van der Waals surface area (Å²) in [6.07, 6.45) is 2.46. The second-order valence-corrected chi connectivity index (χ2v) is 5.20. The van der Waals surface area contributed by atoms with E-state index in [1.165, 1.54) is 17.7 Å². The lowest BCUT2D eigenvalue weighted by Crippen LogP contribution is -2.33. The van der Waals surface area contributed by atoms with E-state index in [1.807, 2.05) is 18.2 Å². The van der Waals surface area contributed by atoms with Crippen molar-refractivity contribution in [2.45, 2.75) is 6.42 Å². The molecule has 0 radical (unpaired) electrons. The van der Waals surface area contributed by atoms with Gasteiger partial charge >= 0.3 is 5.97 Å². The zero-order valence-electron chi connectivity index (χ0n) is 12.4. The van der Waals surface area contributed by atoms with Crippen molar-refractivity contribution in [2.75, 3.05) is 6.54 Å². The first-order valence-electron chi connectivity index (χ1n) is 7.09. The van der Waals surface area contributed by atoms with Gasteiger partial charge in [0.2, 0.25) is 0 Å². The summed E-state index contributed by atoms with van der Waals surface area (Å²) in [7, 11) is 0. The highest BCUT2D eigenvalue weighted by Crippen LogP contribution is 2.02. The summed E-state index contributed by atoms with van der Waals surface area (Å²) in [6, 6.07) is 16.5. The lowest BCUT2D eigenvalue weighted by molar-refractivity contribution is 0.0697. The van der Waals surface area contributed by atoms with E-state index >= 15 is 0 Å². The molecule has 0 aliphatic carbocycles. The maximum atomic E-state index is 10.7. The van der Waals surface area contributed by atoms with Crippen molar-refractivity contribution in [3.05, 3.63) is 71.3 Å². The van der Waals surface area contributed by atoms with Crippen LogP contribution in [0.15, 0.2) is 59.7 Å². The van der Waals surface area contributed by atoms with Crippen LogP contribution in [0.3, 0.4) is 0 Å². The smallest absolute Gasteiger partial charge is 0.335 e. The molecule has 0 saturated carbocycles. The van der Waals surface area contributed by atoms with Gasteiger partial charge in [-0.25, -0.2) is 4.79 Å². The summed E-state index contributed by atoms with van der Waals surface area (Å²) in [5.74, 6) is -0.949. The van der Waals surface area contributed by atoms with Crippen molar-refractivity contribution in [2.24, 2.45) is 5.10 Å². The molecule has 0 aromatic heterocycles. The van der Waals surface area contributed by atoms with Gasteiger partial charge in [0.05, 0.1) is 11.8 Å². The lowest BCUT2D eigenvalue weighted by Gasteiger charge is -2.06. The van der Waals surface area contributed by atoms with Gasteiger partial charge in [-0.1, -0.05) is 42.5 Å². The van der Waals surface area contributed by atoms with E-state index in [-0.39, 0.29) is 5.56 Å². The first-order chi connectivity index (χ1) is 11.1. The number of hydrogen-bond donors (Lipinski definition) is 3. The summed E-state index contributed by atoms with van der Waals surface area (Å²) in [5.41, 5.74) is 5.00. The van der Waals surface area contributed by atoms with E-state index in [4.69, 9.17) is 17.3 Å². The molecule has 5 nitrogen and oxygen atoms in total. The molecular formula is C17H17N3O2S. The molecule has 6 heteroatoms. The predicted octanol–water partition coefficient (Wildman–Crippen LogP) is 2.43. The van der Waals surface area contributed by atoms with Gasteiger partial charge in [0.15, 0.2) is 5.11 Å². The van der Waals surface area contributed by atoms with Gasteiger partial charge in [0.25, 0.3) is 0 Å². The van der Waals surface area contributed by atoms with Crippen LogP contribution in [-0.2, 0) is 6.42 Å². The summed E-state index contributed by atoms with van der Waals surface area (Å²) in [5, 5.41) is 16.3. The first-order valence-corrected chi connectivity index (χ1v) is 7.50. The van der Waals surface area contributed by atoms with Crippen LogP contribution in [0.4, 0.5) is 0 Å². The van der Waals surface area contributed by atoms with Crippen LogP contribution in [0.25, 0.3) is 0 Å². The quantitative estimate of drug-likeness (QED) is 0.432. The average Bonchev–Trinajstić information content (AvgIpc) is 2.56. The molecule has 2 aromatic carbocycles. The summed E-state index contributed by atoms with van der Waals surface area (Å²) in [4.78, 5) is 10.7. The van der Waals surface area contributed by atoms with Crippen molar-refractivity contribution >= 4 is 29.5 Å². The molecule has 0 aliphatic heterocycles. The van der Waals surface area contributed by atoms with Gasteiger partial charge in [0.1, 0.15) is 0 Å². The maximum Gasteiger partial charge on any atom is 0.335 e. The Bertz CT molecular complexity index is 685. The fourth-order valence-electron chi connectivity index (χ4n) is 1.88. The molecule has 118 valence electrons. The van der Waals surface area contributed by atoms with Crippen LogP contribution in [0.1, 0.15) is 21.5 Å². The molecule has 0 heterocycles. The first kappa shape index (κ1) is 16.6. The molecule has 0 saturated heterocycles. The lowest BCUT2D eigenvalue weighted by atomic mass is 10.1. The minimum Gasteiger partial charge on any atom is -0.478 e. The molecule has 0 spiro atoms. The van der Waals surface area contributed by atoms with Gasteiger partial charge in [-0.2, -0.15) is 5.10 Å². The van der Waals surface area contributed by atoms with Crippen LogP contribution in [0.5, 0.6) is 0 Å². The van der Waals surface area contributed by atoms with Gasteiger partial charge in [-0.3, -0.25) is 5.43 Å². The zero-order chi connectivity index (χ0) is 16.5. The van der Waals surface area contributed by atoms with Crippen molar-refractivity contribution in [1.29, 1.82) is 0 Å². The van der Waals surface area contributed by atoms with Crippen molar-refractivity contribution in [3.8, 4) is 0 Å². The SMILES string of the molecule is O=C(O)c1ccc(/C=N\NC(=S)NCCc2ccccc2)cc1. The number of benzene rings is 2. The third kappa shape index (κ3) is 5.88. The molecule has 3 N–H and O–H groups in total. The fourth-order valence-corrected chi connectivity index (χ4v) is 2.04. The van der Waals surface area contributed by atoms with Crippen LogP contribution in [0.2, 0.25) is 0 Å². The van der Waals surface area contributed by atoms with E-state index in [1.54, 1.807) is 18.3 Å². The Hall–Kier alpha value is -2.73. The Labute approximate surface area is 140 Å². The monoisotopic (exact) mass is 327 g/mol. The highest BCUT2D eigenvalue weighted by atomic mass is 32.1. The van der Waals surface area contributed by atoms with Gasteiger partial charge in [0, 0.05) is 6.54 Å². The number of hydrazone groups is 1. The number of carboxylic acids is 1. The molecule has 0 bridgehead atoms. The second-order valence-electron chi connectivity index (χ2n) is 4.79. The number of rotatable bonds is 6. The molecule has 2 rings (SSSR count). The van der Waals surface area contributed by atoms with Crippen molar-refractivity contribution < 1.29 is 9.90 Å². The Kier molecular flexibility index (Phi) is 6.26. The van der Waals surface area contributed by atoms with Crippen molar-refractivity contribution in [3.63, 3.8) is 0 Å². The number of aromatic carboxylic acids is 1. The normalized spacial score (nSPS) is 10.4. The summed E-state index contributed by atoms with van der Waals surface area (Å²) < 4.78 is 0. The van der Waals surface area contributed by atoms with Gasteiger partial charge < -0.3 is 10.4 Å². The summed E-state index contributed by atoms with van der Waals surface area (Å²) in [6.45, 7) is 0.721. The molecule has 0 amide bonds. The van der Waals surface area contributed by atoms with Crippen LogP contribution in [-0.4, -0.2) is 28.9 Å². The van der Waals surface area contributed by atoms with Crippen LogP contribution in [0, 0.1) is 0 Å². The van der Waals surface area contributed by atoms with E-state index in [0.717, 1.165) is 18.5 Å². The van der Waals surface area contributed by atoms with E-state index < -0.39 is 5.97 Å². The summed E-state index contributed by atoms with van der Waals surface area (Å²) >= 11 is 5.13. The average molecular weight is 327 g/mol. The minimum absolute atomic E-state index is 0.244. The van der Waals surface area contributed by atoms with Gasteiger partial charge in [-0.15, -0.1) is 0 Å².